The highest BCUT2D eigenvalue weighted by Crippen LogP contribution is 2.50. The minimum absolute atomic E-state index is 0.0593. The topological polar surface area (TPSA) is 108 Å². The quantitative estimate of drug-likeness (QED) is 0.559. The Hall–Kier alpha value is -2.77. The van der Waals surface area contributed by atoms with Gasteiger partial charge >= 0.3 is 17.9 Å². The maximum Gasteiger partial charge on any atom is 0.308 e. The molecule has 1 rings (SSSR count). The van der Waals surface area contributed by atoms with Crippen LogP contribution in [-0.2, 0) is 20.8 Å². The minimum Gasteiger partial charge on any atom is -0.490 e. The SMILES string of the molecule is COc1c(OC(C)=O)c(C)c(CCCC(=O)O)c(OC(C)=O)c1OC. The van der Waals surface area contributed by atoms with Gasteiger partial charge in [0.25, 0.3) is 0 Å². The van der Waals surface area contributed by atoms with Gasteiger partial charge < -0.3 is 24.1 Å². The minimum atomic E-state index is -0.938. The molecule has 0 heterocycles. The first-order valence-corrected chi connectivity index (χ1v) is 7.58. The van der Waals surface area contributed by atoms with E-state index in [0.29, 0.717) is 17.5 Å². The van der Waals surface area contributed by atoms with E-state index >= 15 is 0 Å². The van der Waals surface area contributed by atoms with E-state index in [1.54, 1.807) is 6.92 Å². The number of carboxylic acid groups (broad SMARTS) is 1. The fraction of sp³-hybridized carbons (Fsp3) is 0.471. The van der Waals surface area contributed by atoms with Crippen molar-refractivity contribution in [2.45, 2.75) is 40.0 Å². The van der Waals surface area contributed by atoms with Gasteiger partial charge in [-0.2, -0.15) is 0 Å². The van der Waals surface area contributed by atoms with Gasteiger partial charge in [0, 0.05) is 31.4 Å². The number of carbonyl (C=O) groups excluding carboxylic acids is 2. The number of benzene rings is 1. The molecule has 1 aromatic rings. The van der Waals surface area contributed by atoms with Crippen molar-refractivity contribution < 1.29 is 38.4 Å². The van der Waals surface area contributed by atoms with E-state index in [4.69, 9.17) is 24.1 Å². The lowest BCUT2D eigenvalue weighted by Gasteiger charge is -2.21. The Morgan fingerprint density at radius 3 is 1.80 bits per heavy atom. The Bertz CT molecular complexity index is 678. The van der Waals surface area contributed by atoms with Crippen molar-refractivity contribution >= 4 is 17.9 Å². The molecule has 138 valence electrons. The number of carbonyl (C=O) groups is 3. The fourth-order valence-electron chi connectivity index (χ4n) is 2.43. The summed E-state index contributed by atoms with van der Waals surface area (Å²) in [7, 11) is 2.73. The summed E-state index contributed by atoms with van der Waals surface area (Å²) in [6, 6.07) is 0. The number of aliphatic carboxylic acids is 1. The lowest BCUT2D eigenvalue weighted by atomic mass is 9.99. The van der Waals surface area contributed by atoms with Gasteiger partial charge in [0.05, 0.1) is 14.2 Å². The predicted molar refractivity (Wildman–Crippen MR) is 87.5 cm³/mol. The van der Waals surface area contributed by atoms with Gasteiger partial charge in [-0.1, -0.05) is 0 Å². The van der Waals surface area contributed by atoms with Crippen LogP contribution in [0.15, 0.2) is 0 Å². The molecule has 0 saturated heterocycles. The van der Waals surface area contributed by atoms with E-state index in [1.807, 2.05) is 0 Å². The van der Waals surface area contributed by atoms with Gasteiger partial charge in [0.1, 0.15) is 0 Å². The van der Waals surface area contributed by atoms with Crippen LogP contribution in [0, 0.1) is 6.92 Å². The smallest absolute Gasteiger partial charge is 0.308 e. The third-order valence-electron chi connectivity index (χ3n) is 3.40. The van der Waals surface area contributed by atoms with Crippen LogP contribution in [0.5, 0.6) is 23.0 Å². The van der Waals surface area contributed by atoms with Crippen molar-refractivity contribution in [3.05, 3.63) is 11.1 Å². The third-order valence-corrected chi connectivity index (χ3v) is 3.40. The van der Waals surface area contributed by atoms with Crippen molar-refractivity contribution in [3.63, 3.8) is 0 Å². The molecule has 0 unspecified atom stereocenters. The predicted octanol–water partition coefficient (Wildman–Crippen LogP) is 2.27. The summed E-state index contributed by atoms with van der Waals surface area (Å²) >= 11 is 0. The van der Waals surface area contributed by atoms with Gasteiger partial charge in [0.15, 0.2) is 11.5 Å². The number of hydrogen-bond donors (Lipinski definition) is 1. The van der Waals surface area contributed by atoms with Crippen molar-refractivity contribution in [2.24, 2.45) is 0 Å². The van der Waals surface area contributed by atoms with Gasteiger partial charge in [-0.05, 0) is 19.8 Å². The highest BCUT2D eigenvalue weighted by Gasteiger charge is 2.27. The summed E-state index contributed by atoms with van der Waals surface area (Å²) in [5.74, 6) is -1.57. The average molecular weight is 354 g/mol. The Morgan fingerprint density at radius 1 is 0.880 bits per heavy atom. The van der Waals surface area contributed by atoms with E-state index in [-0.39, 0.29) is 35.8 Å². The number of esters is 2. The molecule has 0 amide bonds. The maximum absolute atomic E-state index is 11.5. The van der Waals surface area contributed by atoms with E-state index in [0.717, 1.165) is 0 Å². The molecule has 0 aliphatic rings. The Labute approximate surface area is 145 Å². The summed E-state index contributed by atoms with van der Waals surface area (Å²) in [6.45, 7) is 4.15. The zero-order chi connectivity index (χ0) is 19.1. The number of hydrogen-bond acceptors (Lipinski definition) is 7. The summed E-state index contributed by atoms with van der Waals surface area (Å²) in [6.07, 6.45) is 0.533. The van der Waals surface area contributed by atoms with Gasteiger partial charge in [-0.15, -0.1) is 0 Å². The second kappa shape index (κ2) is 8.91. The highest BCUT2D eigenvalue weighted by atomic mass is 16.6. The van der Waals surface area contributed by atoms with Crippen molar-refractivity contribution in [1.82, 2.24) is 0 Å². The summed E-state index contributed by atoms with van der Waals surface area (Å²) in [4.78, 5) is 33.7. The van der Waals surface area contributed by atoms with Crippen molar-refractivity contribution in [1.29, 1.82) is 0 Å². The van der Waals surface area contributed by atoms with Crippen LogP contribution < -0.4 is 18.9 Å². The monoisotopic (exact) mass is 354 g/mol. The number of ether oxygens (including phenoxy) is 4. The van der Waals surface area contributed by atoms with Crippen LogP contribution in [0.2, 0.25) is 0 Å². The molecule has 25 heavy (non-hydrogen) atoms. The average Bonchev–Trinajstić information content (AvgIpc) is 2.51. The van der Waals surface area contributed by atoms with Gasteiger partial charge in [0.2, 0.25) is 11.5 Å². The molecule has 0 saturated carbocycles. The Balaban J connectivity index is 3.58. The molecule has 1 aromatic carbocycles. The Morgan fingerprint density at radius 2 is 1.36 bits per heavy atom. The summed E-state index contributed by atoms with van der Waals surface area (Å²) in [5, 5.41) is 8.83. The molecule has 0 spiro atoms. The summed E-state index contributed by atoms with van der Waals surface area (Å²) < 4.78 is 21.1. The molecule has 8 nitrogen and oxygen atoms in total. The molecule has 0 aliphatic carbocycles. The fourth-order valence-corrected chi connectivity index (χ4v) is 2.43. The second-order valence-electron chi connectivity index (χ2n) is 5.26. The molecule has 0 bridgehead atoms. The molecule has 1 N–H and O–H groups in total. The van der Waals surface area contributed by atoms with Crippen LogP contribution >= 0.6 is 0 Å². The maximum atomic E-state index is 11.5. The molecule has 0 radical (unpaired) electrons. The molecule has 0 fully saturated rings. The van der Waals surface area contributed by atoms with Crippen LogP contribution in [-0.4, -0.2) is 37.2 Å². The van der Waals surface area contributed by atoms with Crippen LogP contribution in [0.1, 0.15) is 37.8 Å². The van der Waals surface area contributed by atoms with Crippen LogP contribution in [0.4, 0.5) is 0 Å². The molecule has 0 aliphatic heterocycles. The largest absolute Gasteiger partial charge is 0.490 e. The van der Waals surface area contributed by atoms with E-state index < -0.39 is 17.9 Å². The molecule has 0 aromatic heterocycles. The number of rotatable bonds is 8. The second-order valence-corrected chi connectivity index (χ2v) is 5.26. The first kappa shape index (κ1) is 20.3. The highest BCUT2D eigenvalue weighted by molar-refractivity contribution is 5.78. The van der Waals surface area contributed by atoms with Crippen molar-refractivity contribution in [3.8, 4) is 23.0 Å². The van der Waals surface area contributed by atoms with Crippen molar-refractivity contribution in [2.75, 3.05) is 14.2 Å². The van der Waals surface area contributed by atoms with Crippen LogP contribution in [0.3, 0.4) is 0 Å². The normalized spacial score (nSPS) is 10.1. The summed E-state index contributed by atoms with van der Waals surface area (Å²) in [5.41, 5.74) is 1.03. The van der Waals surface area contributed by atoms with Gasteiger partial charge in [-0.3, -0.25) is 14.4 Å². The lowest BCUT2D eigenvalue weighted by molar-refractivity contribution is -0.137. The van der Waals surface area contributed by atoms with E-state index in [9.17, 15) is 14.4 Å². The number of carboxylic acids is 1. The van der Waals surface area contributed by atoms with E-state index in [2.05, 4.69) is 0 Å². The standard InChI is InChI=1S/C17H22O8/c1-9-12(7-6-8-13(20)21)15(25-11(3)19)17(23-5)16(22-4)14(9)24-10(2)18/h6-8H2,1-5H3,(H,20,21). The first-order chi connectivity index (χ1) is 11.7. The van der Waals surface area contributed by atoms with Gasteiger partial charge in [-0.25, -0.2) is 0 Å². The molecular weight excluding hydrogens is 332 g/mol. The third kappa shape index (κ3) is 5.10. The number of methoxy groups -OCH3 is 2. The Kier molecular flexibility index (Phi) is 7.22. The molecular formula is C17H22O8. The first-order valence-electron chi connectivity index (χ1n) is 7.58. The lowest BCUT2D eigenvalue weighted by Crippen LogP contribution is -2.12. The zero-order valence-corrected chi connectivity index (χ0v) is 14.9. The molecule has 0 atom stereocenters. The molecule has 8 heteroatoms. The van der Waals surface area contributed by atoms with Crippen LogP contribution in [0.25, 0.3) is 0 Å². The zero-order valence-electron chi connectivity index (χ0n) is 14.9. The van der Waals surface area contributed by atoms with E-state index in [1.165, 1.54) is 28.1 Å².